The van der Waals surface area contributed by atoms with E-state index in [1.165, 1.54) is 25.0 Å². The molecule has 7 rings (SSSR count). The molecule has 2 aromatic carbocycles. The van der Waals surface area contributed by atoms with Gasteiger partial charge in [-0.25, -0.2) is 9.37 Å². The Kier molecular flexibility index (Phi) is 8.33. The molecule has 10 nitrogen and oxygen atoms in total. The van der Waals surface area contributed by atoms with Gasteiger partial charge in [-0.1, -0.05) is 26.0 Å². The number of aliphatic hydroxyl groups is 1. The van der Waals surface area contributed by atoms with E-state index in [4.69, 9.17) is 9.72 Å². The fraction of sp³-hybridized carbons (Fsp3) is 0.314. The second-order valence-corrected chi connectivity index (χ2v) is 12.3. The first kappa shape index (κ1) is 29.8. The zero-order valence-electron chi connectivity index (χ0n) is 25.9. The number of H-pyrrole nitrogens is 2. The maximum absolute atomic E-state index is 14.8. The predicted molar refractivity (Wildman–Crippen MR) is 178 cm³/mol. The van der Waals surface area contributed by atoms with Crippen LogP contribution in [0.1, 0.15) is 33.1 Å². The highest BCUT2D eigenvalue weighted by Gasteiger charge is 2.18. The number of hydrogen-bond acceptors (Lipinski definition) is 8. The van der Waals surface area contributed by atoms with Crippen LogP contribution in [-0.4, -0.2) is 72.6 Å². The number of aliphatic hydroxyl groups excluding tert-OH is 1. The molecule has 5 heterocycles. The fourth-order valence-corrected chi connectivity index (χ4v) is 6.09. The number of anilines is 1. The summed E-state index contributed by atoms with van der Waals surface area (Å²) in [5.74, 6) is 1.08. The van der Waals surface area contributed by atoms with Gasteiger partial charge in [-0.05, 0) is 74.2 Å². The minimum Gasteiger partial charge on any atom is -0.492 e. The van der Waals surface area contributed by atoms with Gasteiger partial charge in [0.15, 0.2) is 5.82 Å². The van der Waals surface area contributed by atoms with Crippen molar-refractivity contribution in [3.63, 3.8) is 0 Å². The summed E-state index contributed by atoms with van der Waals surface area (Å²) in [7, 11) is 0. The molecule has 6 aromatic rings. The van der Waals surface area contributed by atoms with Gasteiger partial charge in [-0.2, -0.15) is 5.10 Å². The van der Waals surface area contributed by atoms with Gasteiger partial charge in [-0.3, -0.25) is 20.0 Å². The smallest absolute Gasteiger partial charge is 0.159 e. The van der Waals surface area contributed by atoms with Crippen LogP contribution in [-0.2, 0) is 0 Å². The van der Waals surface area contributed by atoms with E-state index in [0.29, 0.717) is 58.7 Å². The molecule has 0 saturated carbocycles. The van der Waals surface area contributed by atoms with Gasteiger partial charge >= 0.3 is 0 Å². The standard InChI is InChI=1S/C35H37FN8O2/c1-21(2)12-32(45)39-25-14-23(18-37-19-25)30-17-28-31(20-38-30)42-43-34(28)35-40-29-7-5-6-27(33(29)41-35)22-13-24(36)16-26(15-22)46-11-10-44-8-3-4-9-44/h5-7,13-21,32,39,45H,3-4,8-12H2,1-2H3,(H,40,41)(H,42,43). The molecular weight excluding hydrogens is 583 g/mol. The lowest BCUT2D eigenvalue weighted by molar-refractivity contribution is 0.176. The summed E-state index contributed by atoms with van der Waals surface area (Å²) < 4.78 is 20.8. The highest BCUT2D eigenvalue weighted by Crippen LogP contribution is 2.34. The highest BCUT2D eigenvalue weighted by molar-refractivity contribution is 5.98. The molecule has 0 aliphatic carbocycles. The van der Waals surface area contributed by atoms with Crippen LogP contribution in [0.2, 0.25) is 0 Å². The van der Waals surface area contributed by atoms with Gasteiger partial charge < -0.3 is 20.1 Å². The number of nitrogens with zero attached hydrogens (tertiary/aromatic N) is 5. The number of para-hydroxylation sites is 1. The predicted octanol–water partition coefficient (Wildman–Crippen LogP) is 6.62. The van der Waals surface area contributed by atoms with Gasteiger partial charge in [-0.15, -0.1) is 0 Å². The number of fused-ring (bicyclic) bond motifs is 2. The van der Waals surface area contributed by atoms with Crippen LogP contribution in [0.5, 0.6) is 5.75 Å². The lowest BCUT2D eigenvalue weighted by atomic mass is 10.0. The molecule has 4 N–H and O–H groups in total. The maximum Gasteiger partial charge on any atom is 0.159 e. The third-order valence-corrected chi connectivity index (χ3v) is 8.30. The molecule has 1 saturated heterocycles. The Bertz CT molecular complexity index is 1980. The Morgan fingerprint density at radius 3 is 2.74 bits per heavy atom. The van der Waals surface area contributed by atoms with Crippen molar-refractivity contribution < 1.29 is 14.2 Å². The molecule has 46 heavy (non-hydrogen) atoms. The zero-order valence-corrected chi connectivity index (χ0v) is 25.9. The summed E-state index contributed by atoms with van der Waals surface area (Å²) in [5.41, 5.74) is 6.61. The van der Waals surface area contributed by atoms with Crippen molar-refractivity contribution in [2.75, 3.05) is 31.6 Å². The summed E-state index contributed by atoms with van der Waals surface area (Å²) in [6.07, 6.45) is 7.56. The molecule has 1 aliphatic heterocycles. The summed E-state index contributed by atoms with van der Waals surface area (Å²) in [5, 5.41) is 21.9. The van der Waals surface area contributed by atoms with Crippen LogP contribution in [0.3, 0.4) is 0 Å². The molecule has 4 aromatic heterocycles. The van der Waals surface area contributed by atoms with E-state index >= 15 is 0 Å². The topological polar surface area (TPSA) is 128 Å². The number of imidazole rings is 1. The van der Waals surface area contributed by atoms with Crippen molar-refractivity contribution >= 4 is 27.6 Å². The van der Waals surface area contributed by atoms with E-state index in [0.717, 1.165) is 47.2 Å². The minimum atomic E-state index is -0.669. The van der Waals surface area contributed by atoms with Crippen LogP contribution in [0.15, 0.2) is 67.1 Å². The van der Waals surface area contributed by atoms with Gasteiger partial charge in [0.2, 0.25) is 0 Å². The molecule has 1 aliphatic rings. The first-order chi connectivity index (χ1) is 22.4. The van der Waals surface area contributed by atoms with Gasteiger partial charge in [0.25, 0.3) is 0 Å². The molecule has 0 radical (unpaired) electrons. The number of nitrogens with one attached hydrogen (secondary N) is 3. The van der Waals surface area contributed by atoms with E-state index in [2.05, 4.69) is 49.2 Å². The number of aromatic amines is 2. The molecule has 1 atom stereocenters. The second-order valence-electron chi connectivity index (χ2n) is 12.3. The van der Waals surface area contributed by atoms with E-state index in [-0.39, 0.29) is 5.82 Å². The van der Waals surface area contributed by atoms with E-state index < -0.39 is 6.23 Å². The normalized spacial score (nSPS) is 14.5. The summed E-state index contributed by atoms with van der Waals surface area (Å²) >= 11 is 0. The first-order valence-corrected chi connectivity index (χ1v) is 15.8. The van der Waals surface area contributed by atoms with Crippen molar-refractivity contribution in [2.45, 2.75) is 39.3 Å². The number of likely N-dealkylation sites (tertiary alicyclic amines) is 1. The zero-order chi connectivity index (χ0) is 31.6. The molecule has 0 spiro atoms. The minimum absolute atomic E-state index is 0.353. The quantitative estimate of drug-likeness (QED) is 0.119. The second kappa shape index (κ2) is 12.9. The molecule has 1 unspecified atom stereocenters. The molecular formula is C35H37FN8O2. The van der Waals surface area contributed by atoms with Crippen LogP contribution < -0.4 is 10.1 Å². The fourth-order valence-electron chi connectivity index (χ4n) is 6.09. The molecule has 1 fully saturated rings. The highest BCUT2D eigenvalue weighted by atomic mass is 19.1. The molecule has 0 bridgehead atoms. The lowest BCUT2D eigenvalue weighted by Crippen LogP contribution is -2.25. The lowest BCUT2D eigenvalue weighted by Gasteiger charge is -2.16. The number of rotatable bonds is 11. The number of halogens is 1. The van der Waals surface area contributed by atoms with Gasteiger partial charge in [0.05, 0.1) is 40.3 Å². The van der Waals surface area contributed by atoms with Crippen LogP contribution >= 0.6 is 0 Å². The average Bonchev–Trinajstić information content (AvgIpc) is 3.80. The third-order valence-electron chi connectivity index (χ3n) is 8.30. The summed E-state index contributed by atoms with van der Waals surface area (Å²) in [6, 6.07) is 14.5. The first-order valence-electron chi connectivity index (χ1n) is 15.8. The number of ether oxygens (including phenoxy) is 1. The van der Waals surface area contributed by atoms with Crippen LogP contribution in [0.25, 0.3) is 55.8 Å². The Morgan fingerprint density at radius 1 is 1.02 bits per heavy atom. The van der Waals surface area contributed by atoms with Crippen molar-refractivity contribution in [3.8, 4) is 39.7 Å². The van der Waals surface area contributed by atoms with Crippen molar-refractivity contribution in [2.24, 2.45) is 5.92 Å². The third kappa shape index (κ3) is 6.42. The Morgan fingerprint density at radius 2 is 1.89 bits per heavy atom. The number of aromatic nitrogens is 6. The Hall–Kier alpha value is -4.87. The maximum atomic E-state index is 14.8. The summed E-state index contributed by atoms with van der Waals surface area (Å²) in [4.78, 5) is 19.7. The number of benzene rings is 2. The van der Waals surface area contributed by atoms with E-state index in [1.807, 2.05) is 36.4 Å². The molecule has 236 valence electrons. The van der Waals surface area contributed by atoms with E-state index in [9.17, 15) is 9.50 Å². The Labute approximate surface area is 266 Å². The van der Waals surface area contributed by atoms with Crippen molar-refractivity contribution in [1.29, 1.82) is 0 Å². The number of hydrogen-bond donors (Lipinski definition) is 4. The Balaban J connectivity index is 1.18. The van der Waals surface area contributed by atoms with Crippen LogP contribution in [0.4, 0.5) is 10.1 Å². The average molecular weight is 621 g/mol. The SMILES string of the molecule is CC(C)CC(O)Nc1cncc(-c2cc3c(-c4nc5c(-c6cc(F)cc(OCCN7CCCC7)c6)cccc5[nH]4)n[nH]c3cn2)c1. The van der Waals surface area contributed by atoms with Crippen LogP contribution in [0, 0.1) is 11.7 Å². The van der Waals surface area contributed by atoms with Crippen molar-refractivity contribution in [1.82, 2.24) is 35.0 Å². The monoisotopic (exact) mass is 620 g/mol. The van der Waals surface area contributed by atoms with Crippen molar-refractivity contribution in [3.05, 3.63) is 72.9 Å². The van der Waals surface area contributed by atoms with Gasteiger partial charge in [0, 0.05) is 35.3 Å². The largest absolute Gasteiger partial charge is 0.492 e. The molecule has 0 amide bonds. The van der Waals surface area contributed by atoms with Gasteiger partial charge in [0.1, 0.15) is 30.1 Å². The summed E-state index contributed by atoms with van der Waals surface area (Å²) in [6.45, 7) is 7.66. The number of pyridine rings is 2. The van der Waals surface area contributed by atoms with E-state index in [1.54, 1.807) is 18.6 Å². The molecule has 11 heteroatoms.